The Bertz CT molecular complexity index is 2870. The van der Waals surface area contributed by atoms with Gasteiger partial charge in [0, 0.05) is 43.9 Å². The van der Waals surface area contributed by atoms with Gasteiger partial charge in [0.15, 0.2) is 17.5 Å². The van der Waals surface area contributed by atoms with E-state index in [-0.39, 0.29) is 0 Å². The maximum atomic E-state index is 6.14. The molecule has 0 aliphatic rings. The normalized spacial score (nSPS) is 11.6. The summed E-state index contributed by atoms with van der Waals surface area (Å²) in [6.45, 7) is 0. The van der Waals surface area contributed by atoms with E-state index >= 15 is 0 Å². The summed E-state index contributed by atoms with van der Waals surface area (Å²) in [5.41, 5.74) is 10.1. The number of fused-ring (bicyclic) bond motifs is 6. The molecule has 234 valence electrons. The molecule has 0 aliphatic carbocycles. The monoisotopic (exact) mass is 640 g/mol. The highest BCUT2D eigenvalue weighted by molar-refractivity contribution is 6.10. The Morgan fingerprint density at radius 1 is 0.340 bits per heavy atom. The molecule has 3 aromatic heterocycles. The maximum Gasteiger partial charge on any atom is 0.164 e. The van der Waals surface area contributed by atoms with E-state index in [4.69, 9.17) is 19.4 Å². The Balaban J connectivity index is 1.19. The largest absolute Gasteiger partial charge is 0.456 e. The topological polar surface area (TPSA) is 56.7 Å². The third kappa shape index (κ3) is 4.67. The zero-order chi connectivity index (χ0) is 33.0. The van der Waals surface area contributed by atoms with Crippen molar-refractivity contribution in [1.29, 1.82) is 0 Å². The fraction of sp³-hybridized carbons (Fsp3) is 0. The summed E-state index contributed by atoms with van der Waals surface area (Å²) >= 11 is 0. The van der Waals surface area contributed by atoms with Crippen LogP contribution in [0.4, 0.5) is 0 Å². The lowest BCUT2D eigenvalue weighted by molar-refractivity contribution is 0.669. The Kier molecular flexibility index (Phi) is 6.42. The van der Waals surface area contributed by atoms with Crippen molar-refractivity contribution in [3.05, 3.63) is 170 Å². The van der Waals surface area contributed by atoms with Gasteiger partial charge < -0.3 is 8.98 Å². The quantitative estimate of drug-likeness (QED) is 0.188. The molecule has 0 N–H and O–H groups in total. The SMILES string of the molecule is c1ccc(-c2cccc(-c3nc(-c4ccc5oc6ccccc6c5c4)nc(-c4ccc5c(c4)c4ccccc4n5-c4ccccc4)n3)c2)cc1. The molecule has 5 heteroatoms. The first-order chi connectivity index (χ1) is 24.8. The molecule has 0 saturated carbocycles. The lowest BCUT2D eigenvalue weighted by atomic mass is 10.0. The van der Waals surface area contributed by atoms with Crippen molar-refractivity contribution in [2.75, 3.05) is 0 Å². The van der Waals surface area contributed by atoms with E-state index in [0.717, 1.165) is 71.9 Å². The minimum absolute atomic E-state index is 0.606. The van der Waals surface area contributed by atoms with Gasteiger partial charge in [-0.3, -0.25) is 0 Å². The van der Waals surface area contributed by atoms with Crippen LogP contribution < -0.4 is 0 Å². The van der Waals surface area contributed by atoms with Crippen LogP contribution >= 0.6 is 0 Å². The fourth-order valence-corrected chi connectivity index (χ4v) is 7.06. The lowest BCUT2D eigenvalue weighted by Gasteiger charge is -2.10. The van der Waals surface area contributed by atoms with Crippen molar-refractivity contribution in [2.45, 2.75) is 0 Å². The lowest BCUT2D eigenvalue weighted by Crippen LogP contribution is -2.00. The number of hydrogen-bond acceptors (Lipinski definition) is 4. The van der Waals surface area contributed by atoms with Crippen LogP contribution in [0.3, 0.4) is 0 Å². The van der Waals surface area contributed by atoms with Gasteiger partial charge in [-0.1, -0.05) is 103 Å². The van der Waals surface area contributed by atoms with Crippen LogP contribution in [0.15, 0.2) is 174 Å². The number of para-hydroxylation sites is 3. The van der Waals surface area contributed by atoms with Crippen LogP contribution in [-0.2, 0) is 0 Å². The van der Waals surface area contributed by atoms with E-state index in [1.807, 2.05) is 42.5 Å². The van der Waals surface area contributed by atoms with E-state index in [1.54, 1.807) is 0 Å². The van der Waals surface area contributed by atoms with Gasteiger partial charge in [0.25, 0.3) is 0 Å². The number of aromatic nitrogens is 4. The van der Waals surface area contributed by atoms with Crippen molar-refractivity contribution >= 4 is 43.7 Å². The molecule has 50 heavy (non-hydrogen) atoms. The third-order valence-corrected chi connectivity index (χ3v) is 9.44. The van der Waals surface area contributed by atoms with Crippen LogP contribution in [0.2, 0.25) is 0 Å². The van der Waals surface area contributed by atoms with Gasteiger partial charge in [0.05, 0.1) is 11.0 Å². The second-order valence-corrected chi connectivity index (χ2v) is 12.5. The summed E-state index contributed by atoms with van der Waals surface area (Å²) in [5, 5.41) is 4.41. The number of nitrogens with zero attached hydrogens (tertiary/aromatic N) is 4. The molecule has 0 fully saturated rings. The second kappa shape index (κ2) is 11.4. The predicted molar refractivity (Wildman–Crippen MR) is 203 cm³/mol. The maximum absolute atomic E-state index is 6.14. The summed E-state index contributed by atoms with van der Waals surface area (Å²) in [4.78, 5) is 15.4. The van der Waals surface area contributed by atoms with Crippen molar-refractivity contribution < 1.29 is 4.42 Å². The smallest absolute Gasteiger partial charge is 0.164 e. The minimum Gasteiger partial charge on any atom is -0.456 e. The van der Waals surface area contributed by atoms with Gasteiger partial charge >= 0.3 is 0 Å². The molecule has 7 aromatic carbocycles. The van der Waals surface area contributed by atoms with Crippen molar-refractivity contribution in [2.24, 2.45) is 0 Å². The summed E-state index contributed by atoms with van der Waals surface area (Å²) in [7, 11) is 0. The van der Waals surface area contributed by atoms with E-state index in [0.29, 0.717) is 17.5 Å². The van der Waals surface area contributed by atoms with Crippen LogP contribution in [0, 0.1) is 0 Å². The molecule has 0 amide bonds. The zero-order valence-electron chi connectivity index (χ0n) is 26.9. The standard InChI is InChI=1S/C45H28N4O/c1-3-12-29(13-4-1)30-14-11-15-31(26-30)43-46-44(48-45(47-43)33-23-25-42-38(28-33)36-19-8-10-21-41(36)50-42)32-22-24-40-37(27-32)35-18-7-9-20-39(35)49(40)34-16-5-2-6-17-34/h1-28H. The summed E-state index contributed by atoms with van der Waals surface area (Å²) in [6, 6.07) is 58.6. The number of rotatable bonds is 5. The molecular formula is C45H28N4O. The molecule has 0 radical (unpaired) electrons. The Hall–Kier alpha value is -6.85. The minimum atomic E-state index is 0.606. The van der Waals surface area contributed by atoms with E-state index < -0.39 is 0 Å². The Morgan fingerprint density at radius 2 is 0.880 bits per heavy atom. The van der Waals surface area contributed by atoms with Gasteiger partial charge in [-0.05, 0) is 77.9 Å². The van der Waals surface area contributed by atoms with Gasteiger partial charge in [-0.25, -0.2) is 15.0 Å². The van der Waals surface area contributed by atoms with Crippen LogP contribution in [0.5, 0.6) is 0 Å². The first-order valence-corrected chi connectivity index (χ1v) is 16.7. The molecule has 0 bridgehead atoms. The summed E-state index contributed by atoms with van der Waals surface area (Å²) in [6.07, 6.45) is 0. The number of hydrogen-bond donors (Lipinski definition) is 0. The highest BCUT2D eigenvalue weighted by Crippen LogP contribution is 2.36. The third-order valence-electron chi connectivity index (χ3n) is 9.44. The second-order valence-electron chi connectivity index (χ2n) is 12.5. The highest BCUT2D eigenvalue weighted by Gasteiger charge is 2.18. The fourth-order valence-electron chi connectivity index (χ4n) is 7.06. The van der Waals surface area contributed by atoms with Crippen LogP contribution in [0.25, 0.3) is 94.7 Å². The zero-order valence-corrected chi connectivity index (χ0v) is 26.9. The van der Waals surface area contributed by atoms with Gasteiger partial charge in [-0.15, -0.1) is 0 Å². The van der Waals surface area contributed by atoms with E-state index in [1.165, 1.54) is 5.39 Å². The first-order valence-electron chi connectivity index (χ1n) is 16.7. The van der Waals surface area contributed by atoms with E-state index in [9.17, 15) is 0 Å². The molecule has 3 heterocycles. The summed E-state index contributed by atoms with van der Waals surface area (Å²) in [5.74, 6) is 1.84. The molecule has 0 unspecified atom stereocenters. The van der Waals surface area contributed by atoms with Gasteiger partial charge in [-0.2, -0.15) is 0 Å². The molecule has 5 nitrogen and oxygen atoms in total. The highest BCUT2D eigenvalue weighted by atomic mass is 16.3. The molecule has 0 atom stereocenters. The molecule has 10 rings (SSSR count). The number of furan rings is 1. The molecule has 10 aromatic rings. The average Bonchev–Trinajstić information content (AvgIpc) is 3.73. The molecular weight excluding hydrogens is 613 g/mol. The molecule has 0 saturated heterocycles. The van der Waals surface area contributed by atoms with Crippen molar-refractivity contribution in [3.63, 3.8) is 0 Å². The first kappa shape index (κ1) is 28.2. The van der Waals surface area contributed by atoms with Crippen molar-refractivity contribution in [3.8, 4) is 51.0 Å². The van der Waals surface area contributed by atoms with Gasteiger partial charge in [0.1, 0.15) is 11.2 Å². The van der Waals surface area contributed by atoms with E-state index in [2.05, 4.69) is 132 Å². The van der Waals surface area contributed by atoms with Crippen LogP contribution in [0.1, 0.15) is 0 Å². The van der Waals surface area contributed by atoms with Gasteiger partial charge in [0.2, 0.25) is 0 Å². The van der Waals surface area contributed by atoms with Crippen molar-refractivity contribution in [1.82, 2.24) is 19.5 Å². The summed E-state index contributed by atoms with van der Waals surface area (Å²) < 4.78 is 8.46. The number of benzene rings is 7. The average molecular weight is 641 g/mol. The van der Waals surface area contributed by atoms with Crippen LogP contribution in [-0.4, -0.2) is 19.5 Å². The Labute approximate surface area is 287 Å². The Morgan fingerprint density at radius 3 is 1.66 bits per heavy atom. The molecule has 0 aliphatic heterocycles. The predicted octanol–water partition coefficient (Wildman–Crippen LogP) is 11.5. The molecule has 0 spiro atoms.